The van der Waals surface area contributed by atoms with Crippen LogP contribution in [-0.2, 0) is 9.59 Å². The van der Waals surface area contributed by atoms with Gasteiger partial charge in [0.25, 0.3) is 11.8 Å². The van der Waals surface area contributed by atoms with Crippen LogP contribution in [0.1, 0.15) is 49.7 Å². The molecule has 0 radical (unpaired) electrons. The van der Waals surface area contributed by atoms with Crippen molar-refractivity contribution >= 4 is 46.2 Å². The second kappa shape index (κ2) is 14.8. The van der Waals surface area contributed by atoms with Gasteiger partial charge in [0.1, 0.15) is 11.4 Å². The Kier molecular flexibility index (Phi) is 10.9. The monoisotopic (exact) mass is 644 g/mol. The summed E-state index contributed by atoms with van der Waals surface area (Å²) in [4.78, 5) is 43.6. The van der Waals surface area contributed by atoms with E-state index in [0.29, 0.717) is 29.4 Å². The lowest BCUT2D eigenvalue weighted by Gasteiger charge is -2.29. The van der Waals surface area contributed by atoms with Gasteiger partial charge in [-0.1, -0.05) is 38.6 Å². The van der Waals surface area contributed by atoms with Gasteiger partial charge in [0, 0.05) is 44.4 Å². The van der Waals surface area contributed by atoms with Gasteiger partial charge < -0.3 is 30.9 Å². The molecular formula is C34H41FN8O4. The minimum Gasteiger partial charge on any atom is -0.494 e. The maximum absolute atomic E-state index is 15.1. The quantitative estimate of drug-likeness (QED) is 0.295. The number of ether oxygens (including phenoxy) is 1. The predicted octanol–water partition coefficient (Wildman–Crippen LogP) is 4.54. The number of allylic oxidation sites excluding steroid dienone is 4. The van der Waals surface area contributed by atoms with Crippen molar-refractivity contribution in [3.05, 3.63) is 77.8 Å². The minimum atomic E-state index is -1.83. The number of rotatable bonds is 10. The van der Waals surface area contributed by atoms with E-state index in [1.54, 1.807) is 25.3 Å². The molecule has 248 valence electrons. The van der Waals surface area contributed by atoms with E-state index in [2.05, 4.69) is 43.0 Å². The molecule has 0 bridgehead atoms. The van der Waals surface area contributed by atoms with Gasteiger partial charge in [0.2, 0.25) is 5.91 Å². The molecule has 1 unspecified atom stereocenters. The van der Waals surface area contributed by atoms with Crippen molar-refractivity contribution in [2.45, 2.75) is 39.3 Å². The third-order valence-electron chi connectivity index (χ3n) is 7.81. The first-order valence-electron chi connectivity index (χ1n) is 15.4. The first-order chi connectivity index (χ1) is 22.5. The number of aliphatic imine (C=N–C) groups is 1. The highest BCUT2D eigenvalue weighted by atomic mass is 19.1. The van der Waals surface area contributed by atoms with Crippen LogP contribution in [-0.4, -0.2) is 78.5 Å². The third kappa shape index (κ3) is 7.74. The van der Waals surface area contributed by atoms with E-state index in [9.17, 15) is 14.4 Å². The number of carbonyl (C=O) groups excluding carboxylic acids is 3. The fourth-order valence-electron chi connectivity index (χ4n) is 4.86. The van der Waals surface area contributed by atoms with Gasteiger partial charge >= 0.3 is 0 Å². The van der Waals surface area contributed by atoms with Crippen molar-refractivity contribution in [3.8, 4) is 5.75 Å². The van der Waals surface area contributed by atoms with E-state index in [1.807, 2.05) is 32.1 Å². The second-order valence-corrected chi connectivity index (χ2v) is 11.1. The molecule has 3 aliphatic rings. The molecule has 3 amide bonds. The van der Waals surface area contributed by atoms with Crippen molar-refractivity contribution in [2.24, 2.45) is 10.9 Å². The molecule has 1 atom stereocenters. The summed E-state index contributed by atoms with van der Waals surface area (Å²) in [6.07, 6.45) is 8.15. The van der Waals surface area contributed by atoms with E-state index in [1.165, 1.54) is 38.3 Å². The van der Waals surface area contributed by atoms with Crippen molar-refractivity contribution in [3.63, 3.8) is 0 Å². The molecule has 13 heteroatoms. The number of nitrogens with zero attached hydrogens (tertiary/aromatic N) is 4. The lowest BCUT2D eigenvalue weighted by Crippen LogP contribution is -2.44. The van der Waals surface area contributed by atoms with Crippen LogP contribution >= 0.6 is 0 Å². The van der Waals surface area contributed by atoms with Gasteiger partial charge in [-0.2, -0.15) is 0 Å². The first kappa shape index (κ1) is 34.5. The highest BCUT2D eigenvalue weighted by Gasteiger charge is 2.35. The Morgan fingerprint density at radius 3 is 2.55 bits per heavy atom. The Balaban J connectivity index is 0.00000245. The van der Waals surface area contributed by atoms with Crippen LogP contribution in [0.25, 0.3) is 5.57 Å². The normalized spacial score (nSPS) is 18.3. The first-order valence-corrected chi connectivity index (χ1v) is 15.4. The van der Waals surface area contributed by atoms with Gasteiger partial charge in [0.15, 0.2) is 17.2 Å². The summed E-state index contributed by atoms with van der Waals surface area (Å²) >= 11 is 0. The molecule has 1 aliphatic carbocycles. The molecule has 2 aromatic rings. The van der Waals surface area contributed by atoms with Crippen molar-refractivity contribution in [2.75, 3.05) is 44.9 Å². The fraction of sp³-hybridized carbons (Fsp3) is 0.353. The van der Waals surface area contributed by atoms with Crippen LogP contribution in [0.4, 0.5) is 21.6 Å². The van der Waals surface area contributed by atoms with E-state index in [4.69, 9.17) is 4.74 Å². The number of dihydropyridines is 1. The maximum Gasteiger partial charge on any atom is 0.273 e. The number of halogens is 1. The zero-order valence-electron chi connectivity index (χ0n) is 27.5. The number of carbonyl (C=O) groups is 3. The van der Waals surface area contributed by atoms with Crippen LogP contribution in [0.2, 0.25) is 0 Å². The summed E-state index contributed by atoms with van der Waals surface area (Å²) in [7, 11) is 4.61. The average Bonchev–Trinajstić information content (AvgIpc) is 3.93. The number of para-hydroxylation sites is 1. The highest BCUT2D eigenvalue weighted by molar-refractivity contribution is 6.03. The molecule has 0 spiro atoms. The predicted molar refractivity (Wildman–Crippen MR) is 181 cm³/mol. The van der Waals surface area contributed by atoms with Crippen molar-refractivity contribution < 1.29 is 23.5 Å². The number of aromatic nitrogens is 2. The number of hydrogen-bond acceptors (Lipinski definition) is 9. The number of methoxy groups -OCH3 is 1. The smallest absolute Gasteiger partial charge is 0.273 e. The van der Waals surface area contributed by atoms with Gasteiger partial charge in [0.05, 0.1) is 30.7 Å². The Hall–Kier alpha value is -5.33. The second-order valence-electron chi connectivity index (χ2n) is 11.1. The number of anilines is 3. The summed E-state index contributed by atoms with van der Waals surface area (Å²) in [5.74, 6) is -0.237. The van der Waals surface area contributed by atoms with E-state index < -0.39 is 11.6 Å². The van der Waals surface area contributed by atoms with Crippen LogP contribution in [0.5, 0.6) is 5.75 Å². The molecule has 12 nitrogen and oxygen atoms in total. The molecule has 1 saturated carbocycles. The van der Waals surface area contributed by atoms with Crippen LogP contribution in [0.3, 0.4) is 0 Å². The summed E-state index contributed by atoms with van der Waals surface area (Å²) in [5, 5.41) is 19.7. The van der Waals surface area contributed by atoms with E-state index >= 15 is 4.39 Å². The number of hydrogen-bond donors (Lipinski definition) is 4. The Labute approximate surface area is 274 Å². The van der Waals surface area contributed by atoms with Crippen LogP contribution < -0.4 is 26.0 Å². The van der Waals surface area contributed by atoms with Crippen LogP contribution in [0.15, 0.2) is 71.5 Å². The van der Waals surface area contributed by atoms with Crippen LogP contribution in [0, 0.1) is 5.92 Å². The summed E-state index contributed by atoms with van der Waals surface area (Å²) < 4.78 is 20.9. The number of amides is 3. The maximum atomic E-state index is 15.1. The summed E-state index contributed by atoms with van der Waals surface area (Å²) in [6, 6.07) is 7.04. The highest BCUT2D eigenvalue weighted by Crippen LogP contribution is 2.37. The SMILES string of the molecule is C=C1C=CN=C(CN(C)C(=O)C2=CC=C(c3cccc(Nc4cc(NC(=O)C5CC5)nnc4C(=O)NC)c3OC)CN2)C1(C)F.CC. The van der Waals surface area contributed by atoms with Gasteiger partial charge in [-0.15, -0.1) is 10.2 Å². The lowest BCUT2D eigenvalue weighted by atomic mass is 9.91. The molecular weight excluding hydrogens is 603 g/mol. The number of alkyl halides is 1. The zero-order valence-corrected chi connectivity index (χ0v) is 27.5. The largest absolute Gasteiger partial charge is 0.494 e. The molecule has 2 aliphatic heterocycles. The Bertz CT molecular complexity index is 1690. The van der Waals surface area contributed by atoms with E-state index in [0.717, 1.165) is 24.0 Å². The third-order valence-corrected chi connectivity index (χ3v) is 7.81. The van der Waals surface area contributed by atoms with Crippen molar-refractivity contribution in [1.29, 1.82) is 0 Å². The molecule has 1 fully saturated rings. The standard InChI is InChI=1S/C32H35FN8O4.C2H6/c1-18-13-14-35-25(32(18,2)33)17-41(4)31(44)23-12-11-20(16-36-23)21-7-6-8-22(28(21)45-5)37-24-15-26(38-29(42)19-9-10-19)39-40-27(24)30(43)34-3;1-2/h6-8,11-15,19,36H,1,9-10,16-17H2,2-5H3,(H,34,43)(H2,37,38,39,42);1-2H3. The molecule has 4 N–H and O–H groups in total. The van der Waals surface area contributed by atoms with E-state index in [-0.39, 0.29) is 47.1 Å². The summed E-state index contributed by atoms with van der Waals surface area (Å²) in [5.41, 5.74) is 1.48. The molecule has 5 rings (SSSR count). The van der Waals surface area contributed by atoms with Crippen molar-refractivity contribution in [1.82, 2.24) is 25.7 Å². The molecule has 1 aromatic heterocycles. The van der Waals surface area contributed by atoms with Gasteiger partial charge in [-0.25, -0.2) is 4.39 Å². The summed E-state index contributed by atoms with van der Waals surface area (Å²) in [6.45, 7) is 9.44. The Morgan fingerprint density at radius 2 is 1.91 bits per heavy atom. The number of benzene rings is 1. The Morgan fingerprint density at radius 1 is 1.17 bits per heavy atom. The number of likely N-dealkylation sites (N-methyl/N-ethyl adjacent to an activating group) is 1. The molecule has 1 aromatic carbocycles. The molecule has 3 heterocycles. The molecule has 0 saturated heterocycles. The van der Waals surface area contributed by atoms with Gasteiger partial charge in [-0.3, -0.25) is 19.4 Å². The zero-order chi connectivity index (χ0) is 34.3. The average molecular weight is 645 g/mol. The van der Waals surface area contributed by atoms with Gasteiger partial charge in [-0.05, 0) is 49.1 Å². The molecule has 47 heavy (non-hydrogen) atoms. The lowest BCUT2D eigenvalue weighted by molar-refractivity contribution is -0.125. The fourth-order valence-corrected chi connectivity index (χ4v) is 4.86. The number of nitrogens with one attached hydrogen (secondary N) is 4. The minimum absolute atomic E-state index is 0.000202. The topological polar surface area (TPSA) is 150 Å².